The van der Waals surface area contributed by atoms with Gasteiger partial charge in [0.15, 0.2) is 0 Å². The van der Waals surface area contributed by atoms with Gasteiger partial charge >= 0.3 is 0 Å². The molecule has 7 heteroatoms. The Morgan fingerprint density at radius 1 is 1.21 bits per heavy atom. The predicted molar refractivity (Wildman–Crippen MR) is 83.1 cm³/mol. The van der Waals surface area contributed by atoms with Crippen LogP contribution in [0.25, 0.3) is 0 Å². The van der Waals surface area contributed by atoms with Gasteiger partial charge < -0.3 is 9.67 Å². The molecule has 5 nitrogen and oxygen atoms in total. The highest BCUT2D eigenvalue weighted by Crippen LogP contribution is 2.35. The lowest BCUT2D eigenvalue weighted by Crippen LogP contribution is -2.27. The second-order valence-corrected chi connectivity index (χ2v) is 6.64. The number of rotatable bonds is 3. The van der Waals surface area contributed by atoms with Crippen molar-refractivity contribution in [3.63, 3.8) is 0 Å². The Labute approximate surface area is 138 Å². The summed E-state index contributed by atoms with van der Waals surface area (Å²) in [6, 6.07) is 3.13. The minimum Gasteiger partial charge on any atom is -0.392 e. The van der Waals surface area contributed by atoms with Gasteiger partial charge in [-0.3, -0.25) is 4.90 Å². The van der Waals surface area contributed by atoms with Gasteiger partial charge in [0.05, 0.1) is 12.6 Å². The quantitative estimate of drug-likeness (QED) is 0.935. The van der Waals surface area contributed by atoms with E-state index in [1.807, 2.05) is 4.90 Å². The minimum atomic E-state index is -0.554. The molecule has 1 saturated heterocycles. The van der Waals surface area contributed by atoms with Gasteiger partial charge in [0, 0.05) is 31.1 Å². The van der Waals surface area contributed by atoms with Gasteiger partial charge in [-0.1, -0.05) is 0 Å². The Morgan fingerprint density at radius 3 is 2.96 bits per heavy atom. The maximum Gasteiger partial charge on any atom is 0.147 e. The summed E-state index contributed by atoms with van der Waals surface area (Å²) in [5.41, 5.74) is 0.296. The van der Waals surface area contributed by atoms with E-state index in [0.717, 1.165) is 49.6 Å². The highest BCUT2D eigenvalue weighted by Gasteiger charge is 2.35. The van der Waals surface area contributed by atoms with Crippen LogP contribution in [0.3, 0.4) is 0 Å². The number of benzene rings is 1. The zero-order valence-corrected chi connectivity index (χ0v) is 13.3. The van der Waals surface area contributed by atoms with Gasteiger partial charge in [-0.25, -0.2) is 8.78 Å². The summed E-state index contributed by atoms with van der Waals surface area (Å²) in [4.78, 5) is 1.97. The van der Waals surface area contributed by atoms with Crippen molar-refractivity contribution >= 4 is 0 Å². The normalized spacial score (nSPS) is 24.3. The largest absolute Gasteiger partial charge is 0.392 e. The number of aliphatic hydroxyl groups is 1. The van der Waals surface area contributed by atoms with Crippen LogP contribution in [0.1, 0.15) is 42.5 Å². The molecular formula is C17H20F2N4O. The van der Waals surface area contributed by atoms with E-state index in [2.05, 4.69) is 14.8 Å². The summed E-state index contributed by atoms with van der Waals surface area (Å²) in [7, 11) is 0. The fourth-order valence-electron chi connectivity index (χ4n) is 3.81. The van der Waals surface area contributed by atoms with Crippen molar-refractivity contribution in [2.24, 2.45) is 0 Å². The molecule has 128 valence electrons. The molecule has 2 aromatic rings. The third-order valence-electron chi connectivity index (χ3n) is 4.98. The highest BCUT2D eigenvalue weighted by atomic mass is 19.1. The van der Waals surface area contributed by atoms with Crippen LogP contribution in [0.4, 0.5) is 8.78 Å². The van der Waals surface area contributed by atoms with E-state index >= 15 is 0 Å². The SMILES string of the molecule is O[C@H]1C[C@@H](c2cc(F)ccc2F)N(Cc2nnc3n2CCCC3)C1. The molecule has 0 spiro atoms. The topological polar surface area (TPSA) is 54.2 Å². The summed E-state index contributed by atoms with van der Waals surface area (Å²) in [5, 5.41) is 18.6. The zero-order valence-electron chi connectivity index (χ0n) is 13.3. The van der Waals surface area contributed by atoms with Gasteiger partial charge in [-0.2, -0.15) is 0 Å². The summed E-state index contributed by atoms with van der Waals surface area (Å²) < 4.78 is 29.8. The van der Waals surface area contributed by atoms with E-state index < -0.39 is 17.7 Å². The van der Waals surface area contributed by atoms with E-state index in [4.69, 9.17) is 0 Å². The molecule has 4 rings (SSSR count). The van der Waals surface area contributed by atoms with Crippen LogP contribution in [0.5, 0.6) is 0 Å². The molecule has 0 amide bonds. The number of aliphatic hydroxyl groups excluding tert-OH is 1. The van der Waals surface area contributed by atoms with Crippen LogP contribution in [0.15, 0.2) is 18.2 Å². The number of β-amino-alcohol motifs (C(OH)–C–C–N with tert-alkyl or cyclic N) is 1. The first-order valence-corrected chi connectivity index (χ1v) is 8.40. The van der Waals surface area contributed by atoms with Crippen molar-refractivity contribution in [1.82, 2.24) is 19.7 Å². The molecular weight excluding hydrogens is 314 g/mol. The van der Waals surface area contributed by atoms with Crippen molar-refractivity contribution < 1.29 is 13.9 Å². The third-order valence-corrected chi connectivity index (χ3v) is 4.98. The summed E-state index contributed by atoms with van der Waals surface area (Å²) in [6.45, 7) is 1.79. The molecule has 2 aliphatic rings. The van der Waals surface area contributed by atoms with Crippen LogP contribution in [-0.2, 0) is 19.5 Å². The van der Waals surface area contributed by atoms with E-state index in [0.29, 0.717) is 25.1 Å². The highest BCUT2D eigenvalue weighted by molar-refractivity contribution is 5.24. The molecule has 0 radical (unpaired) electrons. The first kappa shape index (κ1) is 15.7. The van der Waals surface area contributed by atoms with Crippen molar-refractivity contribution in [1.29, 1.82) is 0 Å². The molecule has 1 fully saturated rings. The summed E-state index contributed by atoms with van der Waals surface area (Å²) >= 11 is 0. The predicted octanol–water partition coefficient (Wildman–Crippen LogP) is 2.20. The number of aromatic nitrogens is 3. The molecule has 1 aromatic carbocycles. The molecule has 0 aliphatic carbocycles. The van der Waals surface area contributed by atoms with Crippen LogP contribution in [0, 0.1) is 11.6 Å². The fraction of sp³-hybridized carbons (Fsp3) is 0.529. The number of aryl methyl sites for hydroxylation is 1. The van der Waals surface area contributed by atoms with Crippen LogP contribution >= 0.6 is 0 Å². The monoisotopic (exact) mass is 334 g/mol. The van der Waals surface area contributed by atoms with Crippen molar-refractivity contribution in [3.05, 3.63) is 47.0 Å². The molecule has 2 atom stereocenters. The molecule has 24 heavy (non-hydrogen) atoms. The fourth-order valence-corrected chi connectivity index (χ4v) is 3.81. The standard InChI is InChI=1S/C17H20F2N4O/c18-11-4-5-14(19)13(7-11)15-8-12(24)9-22(15)10-17-21-20-16-3-1-2-6-23(16)17/h4-5,7,12,15,24H,1-3,6,8-10H2/t12-,15-/m0/s1. The number of hydrogen-bond acceptors (Lipinski definition) is 4. The number of fused-ring (bicyclic) bond motifs is 1. The number of halogens is 2. The second kappa shape index (κ2) is 6.22. The average molecular weight is 334 g/mol. The van der Waals surface area contributed by atoms with Gasteiger partial charge in [0.25, 0.3) is 0 Å². The van der Waals surface area contributed by atoms with Crippen LogP contribution < -0.4 is 0 Å². The molecule has 2 aliphatic heterocycles. The van der Waals surface area contributed by atoms with Crippen molar-refractivity contribution in [3.8, 4) is 0 Å². The Bertz CT molecular complexity index is 748. The third kappa shape index (κ3) is 2.82. The van der Waals surface area contributed by atoms with Crippen molar-refractivity contribution in [2.75, 3.05) is 6.54 Å². The van der Waals surface area contributed by atoms with E-state index in [9.17, 15) is 13.9 Å². The van der Waals surface area contributed by atoms with Crippen LogP contribution in [-0.4, -0.2) is 37.4 Å². The Morgan fingerprint density at radius 2 is 2.08 bits per heavy atom. The van der Waals surface area contributed by atoms with E-state index in [-0.39, 0.29) is 6.04 Å². The van der Waals surface area contributed by atoms with Gasteiger partial charge in [-0.05, 0) is 37.5 Å². The Kier molecular flexibility index (Phi) is 4.05. The van der Waals surface area contributed by atoms with Gasteiger partial charge in [0.1, 0.15) is 23.3 Å². The molecule has 3 heterocycles. The number of likely N-dealkylation sites (tertiary alicyclic amines) is 1. The zero-order chi connectivity index (χ0) is 16.7. The summed E-state index contributed by atoms with van der Waals surface area (Å²) in [6.07, 6.45) is 2.99. The maximum atomic E-state index is 14.2. The van der Waals surface area contributed by atoms with Crippen molar-refractivity contribution in [2.45, 2.75) is 50.9 Å². The molecule has 1 aromatic heterocycles. The minimum absolute atomic E-state index is 0.296. The van der Waals surface area contributed by atoms with Crippen LogP contribution in [0.2, 0.25) is 0 Å². The molecule has 0 saturated carbocycles. The smallest absolute Gasteiger partial charge is 0.147 e. The Hall–Kier alpha value is -1.86. The first-order chi connectivity index (χ1) is 11.6. The van der Waals surface area contributed by atoms with Gasteiger partial charge in [0.2, 0.25) is 0 Å². The molecule has 0 unspecified atom stereocenters. The number of nitrogens with zero attached hydrogens (tertiary/aromatic N) is 4. The van der Waals surface area contributed by atoms with E-state index in [1.54, 1.807) is 0 Å². The second-order valence-electron chi connectivity index (χ2n) is 6.64. The van der Waals surface area contributed by atoms with E-state index in [1.165, 1.54) is 6.07 Å². The summed E-state index contributed by atoms with van der Waals surface area (Å²) in [5.74, 6) is 0.918. The molecule has 1 N–H and O–H groups in total. The average Bonchev–Trinajstić information content (AvgIpc) is 3.14. The lowest BCUT2D eigenvalue weighted by Gasteiger charge is -2.25. The Balaban J connectivity index is 1.61. The lowest BCUT2D eigenvalue weighted by molar-refractivity contribution is 0.170. The first-order valence-electron chi connectivity index (χ1n) is 8.40. The molecule has 0 bridgehead atoms. The number of hydrogen-bond donors (Lipinski definition) is 1. The van der Waals surface area contributed by atoms with Gasteiger partial charge in [-0.15, -0.1) is 10.2 Å². The maximum absolute atomic E-state index is 14.2. The lowest BCUT2D eigenvalue weighted by atomic mass is 10.0.